The Hall–Kier alpha value is -0.770. The molecule has 116 valence electrons. The Kier molecular flexibility index (Phi) is 4.17. The van der Waals surface area contributed by atoms with Gasteiger partial charge in [-0.15, -0.1) is 0 Å². The lowest BCUT2D eigenvalue weighted by molar-refractivity contribution is -0.0612. The Balaban J connectivity index is 1.79. The van der Waals surface area contributed by atoms with E-state index in [0.29, 0.717) is 10.9 Å². The number of benzene rings is 1. The summed E-state index contributed by atoms with van der Waals surface area (Å²) in [5.74, 6) is 0.354. The molecular formula is C17H24ClNO2. The Morgan fingerprint density at radius 1 is 1.33 bits per heavy atom. The minimum atomic E-state index is -0.499. The van der Waals surface area contributed by atoms with Gasteiger partial charge in [-0.3, -0.25) is 0 Å². The van der Waals surface area contributed by atoms with Crippen LogP contribution in [0.2, 0.25) is 5.02 Å². The molecule has 4 heteroatoms. The predicted octanol–water partition coefficient (Wildman–Crippen LogP) is 3.52. The quantitative estimate of drug-likeness (QED) is 0.878. The smallest absolute Gasteiger partial charge is 0.0762 e. The number of rotatable bonds is 2. The maximum Gasteiger partial charge on any atom is 0.0762 e. The van der Waals surface area contributed by atoms with Crippen LogP contribution >= 0.6 is 11.6 Å². The number of hydrogen-bond acceptors (Lipinski definition) is 3. The first-order valence-electron chi connectivity index (χ1n) is 7.94. The molecule has 1 saturated heterocycles. The van der Waals surface area contributed by atoms with Crippen molar-refractivity contribution in [2.24, 2.45) is 5.92 Å². The Bertz CT molecular complexity index is 520. The zero-order chi connectivity index (χ0) is 15.0. The first kappa shape index (κ1) is 15.1. The summed E-state index contributed by atoms with van der Waals surface area (Å²) in [6, 6.07) is 5.79. The summed E-state index contributed by atoms with van der Waals surface area (Å²) in [5, 5.41) is 21.1. The molecule has 1 heterocycles. The van der Waals surface area contributed by atoms with E-state index >= 15 is 0 Å². The maximum atomic E-state index is 10.7. The molecular weight excluding hydrogens is 286 g/mol. The molecule has 0 amide bonds. The number of halogens is 1. The lowest BCUT2D eigenvalue weighted by Gasteiger charge is -2.48. The van der Waals surface area contributed by atoms with Gasteiger partial charge in [0.2, 0.25) is 0 Å². The monoisotopic (exact) mass is 309 g/mol. The fourth-order valence-electron chi connectivity index (χ4n) is 3.83. The third kappa shape index (κ3) is 2.92. The van der Waals surface area contributed by atoms with Gasteiger partial charge in [-0.1, -0.05) is 30.5 Å². The van der Waals surface area contributed by atoms with Gasteiger partial charge in [-0.2, -0.15) is 0 Å². The van der Waals surface area contributed by atoms with Crippen molar-refractivity contribution in [2.75, 3.05) is 18.0 Å². The fraction of sp³-hybridized carbons (Fsp3) is 0.647. The average Bonchev–Trinajstić information content (AvgIpc) is 2.46. The molecule has 1 aliphatic carbocycles. The zero-order valence-electron chi connectivity index (χ0n) is 12.6. The van der Waals surface area contributed by atoms with Crippen LogP contribution in [0.4, 0.5) is 5.69 Å². The van der Waals surface area contributed by atoms with E-state index in [-0.39, 0.29) is 0 Å². The van der Waals surface area contributed by atoms with E-state index in [1.807, 2.05) is 18.2 Å². The van der Waals surface area contributed by atoms with Crippen LogP contribution < -0.4 is 4.90 Å². The number of hydrogen-bond donors (Lipinski definition) is 2. The molecule has 0 spiro atoms. The summed E-state index contributed by atoms with van der Waals surface area (Å²) in [5.41, 5.74) is 1.41. The number of piperidine rings is 1. The van der Waals surface area contributed by atoms with E-state index in [1.54, 1.807) is 6.92 Å². The van der Waals surface area contributed by atoms with Crippen molar-refractivity contribution < 1.29 is 10.2 Å². The zero-order valence-corrected chi connectivity index (χ0v) is 13.3. The molecule has 1 saturated carbocycles. The van der Waals surface area contributed by atoms with E-state index in [4.69, 9.17) is 11.6 Å². The largest absolute Gasteiger partial charge is 0.389 e. The molecule has 21 heavy (non-hydrogen) atoms. The number of nitrogens with zero attached hydrogens (tertiary/aromatic N) is 1. The van der Waals surface area contributed by atoms with Gasteiger partial charge in [0.25, 0.3) is 0 Å². The maximum absolute atomic E-state index is 10.7. The van der Waals surface area contributed by atoms with Crippen molar-refractivity contribution in [1.29, 1.82) is 0 Å². The van der Waals surface area contributed by atoms with E-state index in [9.17, 15) is 10.2 Å². The molecule has 3 atom stereocenters. The molecule has 3 rings (SSSR count). The molecule has 2 aliphatic rings. The molecule has 1 aromatic rings. The van der Waals surface area contributed by atoms with Crippen LogP contribution in [0.1, 0.15) is 50.7 Å². The van der Waals surface area contributed by atoms with Gasteiger partial charge >= 0.3 is 0 Å². The van der Waals surface area contributed by atoms with E-state index in [1.165, 1.54) is 6.42 Å². The molecule has 3 nitrogen and oxygen atoms in total. The van der Waals surface area contributed by atoms with Gasteiger partial charge in [-0.25, -0.2) is 0 Å². The lowest BCUT2D eigenvalue weighted by Crippen LogP contribution is -2.53. The Labute approximate surface area is 131 Å². The first-order valence-corrected chi connectivity index (χ1v) is 8.32. The molecule has 1 aliphatic heterocycles. The highest BCUT2D eigenvalue weighted by molar-refractivity contribution is 6.33. The fourth-order valence-corrected chi connectivity index (χ4v) is 4.14. The van der Waals surface area contributed by atoms with Gasteiger partial charge in [-0.05, 0) is 43.9 Å². The van der Waals surface area contributed by atoms with Crippen LogP contribution in [-0.4, -0.2) is 28.9 Å². The van der Waals surface area contributed by atoms with Crippen molar-refractivity contribution in [2.45, 2.75) is 50.7 Å². The van der Waals surface area contributed by atoms with Gasteiger partial charge in [0.1, 0.15) is 0 Å². The van der Waals surface area contributed by atoms with Crippen LogP contribution in [0.15, 0.2) is 18.2 Å². The summed E-state index contributed by atoms with van der Waals surface area (Å²) in [4.78, 5) is 2.29. The van der Waals surface area contributed by atoms with Crippen LogP contribution in [0.3, 0.4) is 0 Å². The molecule has 1 aromatic carbocycles. The lowest BCUT2D eigenvalue weighted by atomic mass is 9.71. The Morgan fingerprint density at radius 2 is 2.14 bits per heavy atom. The van der Waals surface area contributed by atoms with Crippen molar-refractivity contribution in [3.05, 3.63) is 28.8 Å². The minimum absolute atomic E-state index is 0.354. The van der Waals surface area contributed by atoms with Crippen LogP contribution in [0, 0.1) is 5.92 Å². The highest BCUT2D eigenvalue weighted by Crippen LogP contribution is 2.42. The molecule has 2 N–H and O–H groups in total. The van der Waals surface area contributed by atoms with Gasteiger partial charge in [0.15, 0.2) is 0 Å². The summed E-state index contributed by atoms with van der Waals surface area (Å²) in [7, 11) is 0. The number of anilines is 1. The predicted molar refractivity (Wildman–Crippen MR) is 85.8 cm³/mol. The second-order valence-electron chi connectivity index (χ2n) is 6.63. The normalized spacial score (nSPS) is 30.9. The second-order valence-corrected chi connectivity index (χ2v) is 7.04. The number of fused-ring (bicyclic) bond motifs is 1. The average molecular weight is 310 g/mol. The third-order valence-corrected chi connectivity index (χ3v) is 5.53. The van der Waals surface area contributed by atoms with Crippen molar-refractivity contribution in [3.8, 4) is 0 Å². The SMILES string of the molecule is C[C@@H](O)c1ccc(N2CCC3(O)CCCCC3C2)c(Cl)c1. The van der Waals surface area contributed by atoms with Gasteiger partial charge < -0.3 is 15.1 Å². The minimum Gasteiger partial charge on any atom is -0.389 e. The van der Waals surface area contributed by atoms with Crippen molar-refractivity contribution in [1.82, 2.24) is 0 Å². The first-order chi connectivity index (χ1) is 9.99. The second kappa shape index (κ2) is 5.79. The van der Waals surface area contributed by atoms with Gasteiger partial charge in [0, 0.05) is 19.0 Å². The number of aliphatic hydroxyl groups excluding tert-OH is 1. The van der Waals surface area contributed by atoms with Crippen LogP contribution in [0.25, 0.3) is 0 Å². The molecule has 0 aromatic heterocycles. The van der Waals surface area contributed by atoms with Crippen LogP contribution in [0.5, 0.6) is 0 Å². The van der Waals surface area contributed by atoms with E-state index in [0.717, 1.165) is 50.0 Å². The highest BCUT2D eigenvalue weighted by Gasteiger charge is 2.42. The van der Waals surface area contributed by atoms with Crippen LogP contribution in [-0.2, 0) is 0 Å². The summed E-state index contributed by atoms with van der Waals surface area (Å²) in [6.45, 7) is 3.47. The van der Waals surface area contributed by atoms with Crippen molar-refractivity contribution >= 4 is 17.3 Å². The highest BCUT2D eigenvalue weighted by atomic mass is 35.5. The Morgan fingerprint density at radius 3 is 2.86 bits per heavy atom. The molecule has 2 fully saturated rings. The van der Waals surface area contributed by atoms with Crippen molar-refractivity contribution in [3.63, 3.8) is 0 Å². The third-order valence-electron chi connectivity index (χ3n) is 5.22. The molecule has 2 unspecified atom stereocenters. The molecule has 0 radical (unpaired) electrons. The summed E-state index contributed by atoms with van der Waals surface area (Å²) >= 11 is 6.40. The van der Waals surface area contributed by atoms with Gasteiger partial charge in [0.05, 0.1) is 22.4 Å². The standard InChI is InChI=1S/C17H24ClNO2/c1-12(20)13-5-6-16(15(18)10-13)19-9-8-17(21)7-3-2-4-14(17)11-19/h5-6,10,12,14,20-21H,2-4,7-9,11H2,1H3/t12-,14?,17?/m1/s1. The number of aliphatic hydroxyl groups is 2. The topological polar surface area (TPSA) is 43.7 Å². The molecule has 0 bridgehead atoms. The van der Waals surface area contributed by atoms with E-state index in [2.05, 4.69) is 4.90 Å². The van der Waals surface area contributed by atoms with E-state index < -0.39 is 11.7 Å². The summed E-state index contributed by atoms with van der Waals surface area (Å²) in [6.07, 6.45) is 4.75. The summed E-state index contributed by atoms with van der Waals surface area (Å²) < 4.78 is 0.